The van der Waals surface area contributed by atoms with Gasteiger partial charge in [-0.05, 0) is 18.2 Å². The van der Waals surface area contributed by atoms with Crippen LogP contribution in [-0.4, -0.2) is 30.4 Å². The summed E-state index contributed by atoms with van der Waals surface area (Å²) in [5.41, 5.74) is 2.75. The molecule has 102 valence electrons. The van der Waals surface area contributed by atoms with Gasteiger partial charge in [-0.3, -0.25) is 9.25 Å². The number of hydrogen-bond acceptors (Lipinski definition) is 3. The van der Waals surface area contributed by atoms with Gasteiger partial charge in [0.15, 0.2) is 0 Å². The summed E-state index contributed by atoms with van der Waals surface area (Å²) in [5.74, 6) is -0.0589. The summed E-state index contributed by atoms with van der Waals surface area (Å²) in [5, 5.41) is 13.2. The highest BCUT2D eigenvalue weighted by atomic mass is 16.4. The minimum atomic E-state index is -0.944. The third-order valence-electron chi connectivity index (χ3n) is 3.24. The Hall–Kier alpha value is -2.63. The van der Waals surface area contributed by atoms with Crippen molar-refractivity contribution in [2.24, 2.45) is 7.05 Å². The molecule has 0 aliphatic heterocycles. The molecule has 0 saturated carbocycles. The lowest BCUT2D eigenvalue weighted by Gasteiger charge is -2.04. The Kier molecular flexibility index (Phi) is 2.78. The van der Waals surface area contributed by atoms with Crippen LogP contribution in [0.4, 0.5) is 0 Å². The van der Waals surface area contributed by atoms with Gasteiger partial charge in [0.1, 0.15) is 5.82 Å². The third-order valence-corrected chi connectivity index (χ3v) is 3.24. The van der Waals surface area contributed by atoms with Crippen LogP contribution < -0.4 is 0 Å². The molecule has 0 radical (unpaired) electrons. The Morgan fingerprint density at radius 3 is 2.80 bits per heavy atom. The molecule has 2 heterocycles. The van der Waals surface area contributed by atoms with Crippen molar-refractivity contribution in [3.05, 3.63) is 42.0 Å². The van der Waals surface area contributed by atoms with Crippen LogP contribution in [-0.2, 0) is 13.5 Å². The Bertz CT molecular complexity index is 801. The normalized spacial score (nSPS) is 11.1. The van der Waals surface area contributed by atoms with Crippen LogP contribution in [0.15, 0.2) is 30.6 Å². The van der Waals surface area contributed by atoms with Crippen LogP contribution in [0.1, 0.15) is 23.1 Å². The Morgan fingerprint density at radius 1 is 1.40 bits per heavy atom. The number of rotatable bonds is 3. The second-order valence-corrected chi connectivity index (χ2v) is 4.60. The molecule has 0 aliphatic carbocycles. The molecule has 0 unspecified atom stereocenters. The Morgan fingerprint density at radius 2 is 2.20 bits per heavy atom. The maximum atomic E-state index is 11.0. The van der Waals surface area contributed by atoms with E-state index >= 15 is 0 Å². The van der Waals surface area contributed by atoms with Crippen LogP contribution in [0.5, 0.6) is 0 Å². The largest absolute Gasteiger partial charge is 0.478 e. The molecule has 0 fully saturated rings. The summed E-state index contributed by atoms with van der Waals surface area (Å²) >= 11 is 0. The van der Waals surface area contributed by atoms with Gasteiger partial charge in [0.05, 0.1) is 28.5 Å². The summed E-state index contributed by atoms with van der Waals surface area (Å²) in [6.45, 7) is 2.02. The molecule has 0 bridgehead atoms. The minimum Gasteiger partial charge on any atom is -0.478 e. The predicted octanol–water partition coefficient (Wildman–Crippen LogP) is 2.02. The highest BCUT2D eigenvalue weighted by molar-refractivity contribution is 5.92. The number of nitrogens with zero attached hydrogens (tertiary/aromatic N) is 4. The van der Waals surface area contributed by atoms with Crippen molar-refractivity contribution in [2.75, 3.05) is 0 Å². The number of aromatic nitrogens is 4. The van der Waals surface area contributed by atoms with E-state index in [9.17, 15) is 4.79 Å². The van der Waals surface area contributed by atoms with Crippen molar-refractivity contribution in [1.82, 2.24) is 19.3 Å². The number of hydrogen-bond donors (Lipinski definition) is 1. The number of benzene rings is 1. The zero-order valence-electron chi connectivity index (χ0n) is 11.2. The first-order valence-electron chi connectivity index (χ1n) is 6.34. The number of carboxylic acids is 1. The molecule has 0 saturated heterocycles. The van der Waals surface area contributed by atoms with E-state index < -0.39 is 5.97 Å². The highest BCUT2D eigenvalue weighted by Gasteiger charge is 2.14. The summed E-state index contributed by atoms with van der Waals surface area (Å²) in [6.07, 6.45) is 4.43. The smallest absolute Gasteiger partial charge is 0.335 e. The van der Waals surface area contributed by atoms with Gasteiger partial charge in [-0.2, -0.15) is 5.10 Å². The van der Waals surface area contributed by atoms with E-state index in [2.05, 4.69) is 10.1 Å². The van der Waals surface area contributed by atoms with Gasteiger partial charge in [-0.25, -0.2) is 9.78 Å². The molecule has 20 heavy (non-hydrogen) atoms. The van der Waals surface area contributed by atoms with E-state index in [4.69, 9.17) is 5.11 Å². The first-order valence-corrected chi connectivity index (χ1v) is 6.34. The van der Waals surface area contributed by atoms with Crippen molar-refractivity contribution in [3.8, 4) is 5.69 Å². The zero-order chi connectivity index (χ0) is 14.3. The first kappa shape index (κ1) is 12.4. The quantitative estimate of drug-likeness (QED) is 0.790. The van der Waals surface area contributed by atoms with Crippen LogP contribution >= 0.6 is 0 Å². The zero-order valence-corrected chi connectivity index (χ0v) is 11.2. The number of carboxylic acid groups (broad SMARTS) is 1. The first-order chi connectivity index (χ1) is 9.60. The summed E-state index contributed by atoms with van der Waals surface area (Å²) in [7, 11) is 1.86. The lowest BCUT2D eigenvalue weighted by atomic mass is 10.2. The molecule has 6 nitrogen and oxygen atoms in total. The van der Waals surface area contributed by atoms with Crippen molar-refractivity contribution in [1.29, 1.82) is 0 Å². The summed E-state index contributed by atoms with van der Waals surface area (Å²) in [4.78, 5) is 15.6. The molecule has 3 rings (SSSR count). The number of aromatic carboxylic acids is 1. The maximum Gasteiger partial charge on any atom is 0.335 e. The van der Waals surface area contributed by atoms with Crippen molar-refractivity contribution in [3.63, 3.8) is 0 Å². The van der Waals surface area contributed by atoms with Gasteiger partial charge < -0.3 is 5.11 Å². The Labute approximate surface area is 115 Å². The minimum absolute atomic E-state index is 0.246. The predicted molar refractivity (Wildman–Crippen MR) is 74.2 cm³/mol. The fraction of sp³-hybridized carbons (Fsp3) is 0.214. The van der Waals surface area contributed by atoms with E-state index in [0.29, 0.717) is 5.52 Å². The van der Waals surface area contributed by atoms with Crippen LogP contribution in [0, 0.1) is 0 Å². The lowest BCUT2D eigenvalue weighted by Crippen LogP contribution is -1.99. The standard InChI is InChI=1S/C14H14N4O2/c1-3-13-16-11-6-9(14(19)20)4-5-12(11)18(13)10-7-15-17(2)8-10/h4-8H,3H2,1-2H3,(H,19,20). The fourth-order valence-electron chi connectivity index (χ4n) is 2.31. The second-order valence-electron chi connectivity index (χ2n) is 4.60. The van der Waals surface area contributed by atoms with E-state index in [1.165, 1.54) is 0 Å². The van der Waals surface area contributed by atoms with Crippen LogP contribution in [0.2, 0.25) is 0 Å². The topological polar surface area (TPSA) is 72.9 Å². The molecule has 0 spiro atoms. The molecule has 0 amide bonds. The van der Waals surface area contributed by atoms with E-state index in [0.717, 1.165) is 23.4 Å². The van der Waals surface area contributed by atoms with Gasteiger partial charge in [0, 0.05) is 19.7 Å². The van der Waals surface area contributed by atoms with Gasteiger partial charge in [0.2, 0.25) is 0 Å². The molecular weight excluding hydrogens is 256 g/mol. The van der Waals surface area contributed by atoms with Crippen molar-refractivity contribution in [2.45, 2.75) is 13.3 Å². The fourth-order valence-corrected chi connectivity index (χ4v) is 2.31. The SMILES string of the molecule is CCc1nc2cc(C(=O)O)ccc2n1-c1cnn(C)c1. The molecular formula is C14H14N4O2. The molecule has 6 heteroatoms. The van der Waals surface area contributed by atoms with Gasteiger partial charge in [-0.1, -0.05) is 6.92 Å². The van der Waals surface area contributed by atoms with Crippen LogP contribution in [0.25, 0.3) is 16.7 Å². The Balaban J connectivity index is 2.27. The van der Waals surface area contributed by atoms with Gasteiger partial charge in [0.25, 0.3) is 0 Å². The van der Waals surface area contributed by atoms with E-state index in [1.807, 2.05) is 24.7 Å². The monoisotopic (exact) mass is 270 g/mol. The molecule has 1 aromatic carbocycles. The molecule has 0 aliphatic rings. The van der Waals surface area contributed by atoms with Crippen molar-refractivity contribution < 1.29 is 9.90 Å². The number of carbonyl (C=O) groups is 1. The van der Waals surface area contributed by atoms with E-state index in [1.54, 1.807) is 29.1 Å². The third kappa shape index (κ3) is 1.85. The average molecular weight is 270 g/mol. The molecule has 3 aromatic rings. The maximum absolute atomic E-state index is 11.0. The van der Waals surface area contributed by atoms with Crippen LogP contribution in [0.3, 0.4) is 0 Å². The highest BCUT2D eigenvalue weighted by Crippen LogP contribution is 2.22. The summed E-state index contributed by atoms with van der Waals surface area (Å²) < 4.78 is 3.74. The summed E-state index contributed by atoms with van der Waals surface area (Å²) in [6, 6.07) is 4.99. The number of imidazole rings is 1. The molecule has 2 aromatic heterocycles. The second kappa shape index (κ2) is 4.48. The average Bonchev–Trinajstić information content (AvgIpc) is 3.00. The van der Waals surface area contributed by atoms with Gasteiger partial charge >= 0.3 is 5.97 Å². The van der Waals surface area contributed by atoms with Crippen molar-refractivity contribution >= 4 is 17.0 Å². The van der Waals surface area contributed by atoms with Gasteiger partial charge in [-0.15, -0.1) is 0 Å². The van der Waals surface area contributed by atoms with E-state index in [-0.39, 0.29) is 5.56 Å². The lowest BCUT2D eigenvalue weighted by molar-refractivity contribution is 0.0697. The molecule has 1 N–H and O–H groups in total. The number of aryl methyl sites for hydroxylation is 2. The molecule has 0 atom stereocenters. The number of fused-ring (bicyclic) bond motifs is 1.